The van der Waals surface area contributed by atoms with Gasteiger partial charge in [0.25, 0.3) is 5.91 Å². The molecule has 1 amide bonds. The number of furan rings is 1. The van der Waals surface area contributed by atoms with E-state index in [0.717, 1.165) is 5.56 Å². The molecule has 0 bridgehead atoms. The van der Waals surface area contributed by atoms with Crippen molar-refractivity contribution in [3.8, 4) is 11.8 Å². The Morgan fingerprint density at radius 1 is 1.45 bits per heavy atom. The zero-order valence-electron chi connectivity index (χ0n) is 10.7. The molecule has 2 N–H and O–H groups in total. The number of aliphatic hydroxyl groups excluding tert-OH is 1. The first-order chi connectivity index (χ1) is 9.61. The van der Waals surface area contributed by atoms with Crippen molar-refractivity contribution >= 4 is 23.2 Å². The fourth-order valence-corrected chi connectivity index (χ4v) is 1.85. The van der Waals surface area contributed by atoms with Gasteiger partial charge < -0.3 is 14.8 Å². The average molecular weight is 290 g/mol. The van der Waals surface area contributed by atoms with Crippen LogP contribution in [0, 0.1) is 18.8 Å². The highest BCUT2D eigenvalue weighted by Gasteiger charge is 2.14. The number of nitrogens with one attached hydrogen (secondary N) is 1. The van der Waals surface area contributed by atoms with Crippen molar-refractivity contribution in [3.63, 3.8) is 0 Å². The molecular formula is C15H12ClNO3. The van der Waals surface area contributed by atoms with Crippen LogP contribution in [0.25, 0.3) is 0 Å². The maximum atomic E-state index is 12.1. The molecule has 102 valence electrons. The average Bonchev–Trinajstić information content (AvgIpc) is 2.84. The van der Waals surface area contributed by atoms with E-state index in [1.54, 1.807) is 12.1 Å². The van der Waals surface area contributed by atoms with Crippen LogP contribution in [0.5, 0.6) is 0 Å². The molecule has 2 rings (SSSR count). The van der Waals surface area contributed by atoms with Crippen LogP contribution in [-0.4, -0.2) is 17.6 Å². The first kappa shape index (κ1) is 14.2. The van der Waals surface area contributed by atoms with Gasteiger partial charge in [-0.05, 0) is 42.3 Å². The predicted molar refractivity (Wildman–Crippen MR) is 76.8 cm³/mol. The third kappa shape index (κ3) is 3.21. The monoisotopic (exact) mass is 289 g/mol. The molecule has 0 aliphatic carbocycles. The van der Waals surface area contributed by atoms with Gasteiger partial charge in [-0.15, -0.1) is 0 Å². The van der Waals surface area contributed by atoms with Crippen molar-refractivity contribution in [2.75, 3.05) is 11.9 Å². The maximum Gasteiger partial charge on any atom is 0.260 e. The largest absolute Gasteiger partial charge is 0.452 e. The molecule has 0 radical (unpaired) electrons. The molecule has 0 saturated heterocycles. The molecule has 0 spiro atoms. The van der Waals surface area contributed by atoms with E-state index < -0.39 is 0 Å². The number of amides is 1. The summed E-state index contributed by atoms with van der Waals surface area (Å²) in [6.07, 6.45) is 1.35. The first-order valence-electron chi connectivity index (χ1n) is 5.86. The van der Waals surface area contributed by atoms with Crippen molar-refractivity contribution in [1.29, 1.82) is 0 Å². The van der Waals surface area contributed by atoms with E-state index in [-0.39, 0.29) is 23.3 Å². The summed E-state index contributed by atoms with van der Waals surface area (Å²) in [4.78, 5) is 12.1. The summed E-state index contributed by atoms with van der Waals surface area (Å²) in [5.41, 5.74) is 2.42. The lowest BCUT2D eigenvalue weighted by molar-refractivity contribution is 0.102. The molecule has 0 unspecified atom stereocenters. The molecule has 1 heterocycles. The van der Waals surface area contributed by atoms with Gasteiger partial charge in [0.2, 0.25) is 5.22 Å². The number of hydrogen-bond donors (Lipinski definition) is 2. The lowest BCUT2D eigenvalue weighted by atomic mass is 10.1. The standard InChI is InChI=1S/C15H12ClNO3/c1-10-4-5-11(3-2-7-18)13(9-10)17-15(19)12-6-8-20-14(12)16/h4-6,8-9,18H,7H2,1H3,(H,17,19). The van der Waals surface area contributed by atoms with Crippen LogP contribution in [0.3, 0.4) is 0 Å². The molecule has 0 aliphatic heterocycles. The number of hydrogen-bond acceptors (Lipinski definition) is 3. The van der Waals surface area contributed by atoms with E-state index in [4.69, 9.17) is 21.1 Å². The van der Waals surface area contributed by atoms with Crippen molar-refractivity contribution in [3.05, 3.63) is 52.4 Å². The number of halogens is 1. The fourth-order valence-electron chi connectivity index (χ4n) is 1.65. The summed E-state index contributed by atoms with van der Waals surface area (Å²) in [6.45, 7) is 1.67. The molecule has 1 aromatic heterocycles. The third-order valence-corrected chi connectivity index (χ3v) is 2.88. The molecule has 2 aromatic rings. The highest BCUT2D eigenvalue weighted by atomic mass is 35.5. The fraction of sp³-hybridized carbons (Fsp3) is 0.133. The van der Waals surface area contributed by atoms with Gasteiger partial charge in [0.05, 0.1) is 17.5 Å². The van der Waals surface area contributed by atoms with Crippen LogP contribution >= 0.6 is 11.6 Å². The molecule has 0 fully saturated rings. The summed E-state index contributed by atoms with van der Waals surface area (Å²) in [5.74, 6) is 4.96. The summed E-state index contributed by atoms with van der Waals surface area (Å²) < 4.78 is 4.89. The number of rotatable bonds is 2. The van der Waals surface area contributed by atoms with Crippen molar-refractivity contribution < 1.29 is 14.3 Å². The van der Waals surface area contributed by atoms with Crippen LogP contribution in [0.1, 0.15) is 21.5 Å². The van der Waals surface area contributed by atoms with Crippen LogP contribution < -0.4 is 5.32 Å². The molecule has 0 saturated carbocycles. The van der Waals surface area contributed by atoms with Crippen molar-refractivity contribution in [2.24, 2.45) is 0 Å². The van der Waals surface area contributed by atoms with E-state index >= 15 is 0 Å². The van der Waals surface area contributed by atoms with Crippen LogP contribution in [-0.2, 0) is 0 Å². The number of carbonyl (C=O) groups is 1. The second-order valence-corrected chi connectivity index (χ2v) is 4.41. The van der Waals surface area contributed by atoms with E-state index in [1.165, 1.54) is 12.3 Å². The van der Waals surface area contributed by atoms with Crippen LogP contribution in [0.2, 0.25) is 5.22 Å². The minimum Gasteiger partial charge on any atom is -0.452 e. The van der Waals surface area contributed by atoms with Gasteiger partial charge in [0, 0.05) is 5.56 Å². The van der Waals surface area contributed by atoms with Gasteiger partial charge in [-0.25, -0.2) is 0 Å². The van der Waals surface area contributed by atoms with E-state index in [0.29, 0.717) is 11.3 Å². The maximum absolute atomic E-state index is 12.1. The Labute approximate surface area is 121 Å². The Morgan fingerprint density at radius 2 is 2.25 bits per heavy atom. The van der Waals surface area contributed by atoms with E-state index in [2.05, 4.69) is 17.2 Å². The Balaban J connectivity index is 2.31. The van der Waals surface area contributed by atoms with Gasteiger partial charge in [-0.3, -0.25) is 4.79 Å². The minimum absolute atomic E-state index is 0.0399. The second kappa shape index (κ2) is 6.29. The van der Waals surface area contributed by atoms with Crippen molar-refractivity contribution in [2.45, 2.75) is 6.92 Å². The molecule has 4 nitrogen and oxygen atoms in total. The SMILES string of the molecule is Cc1ccc(C#CCO)c(NC(=O)c2ccoc2Cl)c1. The summed E-state index contributed by atoms with van der Waals surface area (Å²) in [7, 11) is 0. The number of benzene rings is 1. The molecular weight excluding hydrogens is 278 g/mol. The second-order valence-electron chi connectivity index (χ2n) is 4.07. The number of carbonyl (C=O) groups excluding carboxylic acids is 1. The van der Waals surface area contributed by atoms with Crippen LogP contribution in [0.4, 0.5) is 5.69 Å². The molecule has 1 aromatic carbocycles. The third-order valence-electron chi connectivity index (χ3n) is 2.59. The summed E-state index contributed by atoms with van der Waals surface area (Å²) in [6, 6.07) is 6.95. The number of aryl methyl sites for hydroxylation is 1. The Morgan fingerprint density at radius 3 is 2.90 bits per heavy atom. The molecule has 5 heteroatoms. The predicted octanol–water partition coefficient (Wildman–Crippen LogP) is 2.84. The summed E-state index contributed by atoms with van der Waals surface area (Å²) in [5, 5.41) is 11.5. The van der Waals surface area contributed by atoms with Crippen molar-refractivity contribution in [1.82, 2.24) is 0 Å². The highest BCUT2D eigenvalue weighted by molar-refractivity contribution is 6.32. The van der Waals surface area contributed by atoms with E-state index in [9.17, 15) is 4.79 Å². The highest BCUT2D eigenvalue weighted by Crippen LogP contribution is 2.21. The molecule has 20 heavy (non-hydrogen) atoms. The summed E-state index contributed by atoms with van der Waals surface area (Å²) >= 11 is 5.77. The zero-order valence-corrected chi connectivity index (χ0v) is 11.5. The number of anilines is 1. The minimum atomic E-state index is -0.374. The molecule has 0 aliphatic rings. The smallest absolute Gasteiger partial charge is 0.260 e. The quantitative estimate of drug-likeness (QED) is 0.836. The van der Waals surface area contributed by atoms with Gasteiger partial charge in [-0.1, -0.05) is 17.9 Å². The topological polar surface area (TPSA) is 62.5 Å². The van der Waals surface area contributed by atoms with Gasteiger partial charge in [0.1, 0.15) is 6.61 Å². The van der Waals surface area contributed by atoms with Gasteiger partial charge in [-0.2, -0.15) is 0 Å². The van der Waals surface area contributed by atoms with Gasteiger partial charge >= 0.3 is 0 Å². The Kier molecular flexibility index (Phi) is 4.46. The number of aliphatic hydroxyl groups is 1. The van der Waals surface area contributed by atoms with E-state index in [1.807, 2.05) is 13.0 Å². The van der Waals surface area contributed by atoms with Crippen LogP contribution in [0.15, 0.2) is 34.9 Å². The van der Waals surface area contributed by atoms with Gasteiger partial charge in [0.15, 0.2) is 0 Å². The normalized spacial score (nSPS) is 9.75. The lowest BCUT2D eigenvalue weighted by Gasteiger charge is -2.08. The molecule has 0 atom stereocenters. The Bertz CT molecular complexity index is 695. The Hall–Kier alpha value is -2.22. The first-order valence-corrected chi connectivity index (χ1v) is 6.24. The lowest BCUT2D eigenvalue weighted by Crippen LogP contribution is -2.12. The zero-order chi connectivity index (χ0) is 14.5.